The van der Waals surface area contributed by atoms with E-state index in [1.807, 2.05) is 30.3 Å². The van der Waals surface area contributed by atoms with Crippen LogP contribution in [0.25, 0.3) is 66.1 Å². The maximum atomic E-state index is 10.2. The summed E-state index contributed by atoms with van der Waals surface area (Å²) in [6.45, 7) is 0. The molecule has 0 N–H and O–H groups in total. The van der Waals surface area contributed by atoms with Crippen molar-refractivity contribution in [2.24, 2.45) is 0 Å². The molecule has 0 aliphatic heterocycles. The molecule has 186 valence electrons. The normalized spacial score (nSPS) is 11.5. The molecule has 0 spiro atoms. The van der Waals surface area contributed by atoms with Gasteiger partial charge in [0.2, 0.25) is 0 Å². The van der Waals surface area contributed by atoms with E-state index in [-0.39, 0.29) is 0 Å². The van der Waals surface area contributed by atoms with Crippen molar-refractivity contribution in [1.29, 1.82) is 5.26 Å². The van der Waals surface area contributed by atoms with Crippen LogP contribution >= 0.6 is 0 Å². The average Bonchev–Trinajstić information content (AvgIpc) is 3.52. The smallest absolute Gasteiger partial charge is 0.101 e. The fourth-order valence-corrected chi connectivity index (χ4v) is 6.17. The van der Waals surface area contributed by atoms with Crippen LogP contribution in [0.5, 0.6) is 0 Å². The summed E-state index contributed by atoms with van der Waals surface area (Å²) in [4.78, 5) is 0. The van der Waals surface area contributed by atoms with Gasteiger partial charge in [0.15, 0.2) is 0 Å². The highest BCUT2D eigenvalue weighted by Crippen LogP contribution is 2.40. The molecule has 0 saturated heterocycles. The van der Waals surface area contributed by atoms with E-state index in [9.17, 15) is 5.26 Å². The van der Waals surface area contributed by atoms with Gasteiger partial charge in [-0.1, -0.05) is 91.0 Å². The molecule has 8 rings (SSSR count). The van der Waals surface area contributed by atoms with Gasteiger partial charge in [0.25, 0.3) is 0 Å². The minimum Gasteiger partial charge on any atom is -0.309 e. The van der Waals surface area contributed by atoms with Crippen molar-refractivity contribution < 1.29 is 0 Å². The zero-order valence-corrected chi connectivity index (χ0v) is 21.6. The summed E-state index contributed by atoms with van der Waals surface area (Å²) in [5, 5.41) is 14.9. The van der Waals surface area contributed by atoms with E-state index < -0.39 is 0 Å². The molecular weight excluding hydrogens is 486 g/mol. The number of hydrogen-bond donors (Lipinski definition) is 0. The minimum atomic E-state index is 0.647. The molecule has 0 bridgehead atoms. The number of fused-ring (bicyclic) bond motifs is 6. The number of nitriles is 1. The van der Waals surface area contributed by atoms with Gasteiger partial charge >= 0.3 is 0 Å². The average molecular weight is 510 g/mol. The van der Waals surface area contributed by atoms with Crippen LogP contribution in [-0.2, 0) is 0 Å². The lowest BCUT2D eigenvalue weighted by Crippen LogP contribution is -1.98. The third kappa shape index (κ3) is 3.24. The number of benzene rings is 6. The summed E-state index contributed by atoms with van der Waals surface area (Å²) in [6, 6.07) is 51.2. The van der Waals surface area contributed by atoms with E-state index in [1.54, 1.807) is 0 Å². The Labute approximate surface area is 231 Å². The lowest BCUT2D eigenvalue weighted by atomic mass is 10.0. The number of hydrogen-bond acceptors (Lipinski definition) is 1. The SMILES string of the molecule is N#Cc1ccc(-c2ccccc2)cc1-n1c2ccccc2c2cc3c(cc21)c1ccccc1n3-c1ccccc1. The second-order valence-electron chi connectivity index (χ2n) is 10.1. The van der Waals surface area contributed by atoms with Crippen LogP contribution in [0.1, 0.15) is 5.56 Å². The maximum absolute atomic E-state index is 10.2. The predicted molar refractivity (Wildman–Crippen MR) is 165 cm³/mol. The van der Waals surface area contributed by atoms with Crippen molar-refractivity contribution in [1.82, 2.24) is 9.13 Å². The molecule has 0 atom stereocenters. The van der Waals surface area contributed by atoms with Gasteiger partial charge in [-0.25, -0.2) is 0 Å². The quantitative estimate of drug-likeness (QED) is 0.233. The Morgan fingerprint density at radius 2 is 0.975 bits per heavy atom. The van der Waals surface area contributed by atoms with Crippen LogP contribution in [0.4, 0.5) is 0 Å². The second-order valence-corrected chi connectivity index (χ2v) is 10.1. The summed E-state index contributed by atoms with van der Waals surface area (Å²) < 4.78 is 4.62. The molecule has 2 heterocycles. The van der Waals surface area contributed by atoms with E-state index in [2.05, 4.69) is 124 Å². The molecule has 3 nitrogen and oxygen atoms in total. The third-order valence-electron chi connectivity index (χ3n) is 7.95. The Kier molecular flexibility index (Phi) is 4.89. The van der Waals surface area contributed by atoms with E-state index in [4.69, 9.17) is 0 Å². The molecule has 0 aliphatic carbocycles. The maximum Gasteiger partial charge on any atom is 0.101 e. The Morgan fingerprint density at radius 3 is 1.62 bits per heavy atom. The Hall–Kier alpha value is -5.59. The topological polar surface area (TPSA) is 33.6 Å². The zero-order chi connectivity index (χ0) is 26.6. The van der Waals surface area contributed by atoms with Crippen LogP contribution in [-0.4, -0.2) is 9.13 Å². The van der Waals surface area contributed by atoms with Crippen molar-refractivity contribution >= 4 is 43.6 Å². The van der Waals surface area contributed by atoms with Gasteiger partial charge in [-0.15, -0.1) is 0 Å². The first kappa shape index (κ1) is 22.4. The van der Waals surface area contributed by atoms with Gasteiger partial charge in [-0.05, 0) is 59.7 Å². The first-order chi connectivity index (χ1) is 19.8. The Balaban J connectivity index is 1.52. The van der Waals surface area contributed by atoms with Crippen LogP contribution in [0.2, 0.25) is 0 Å². The Morgan fingerprint density at radius 1 is 0.425 bits per heavy atom. The van der Waals surface area contributed by atoms with Gasteiger partial charge in [-0.3, -0.25) is 0 Å². The van der Waals surface area contributed by atoms with Crippen LogP contribution < -0.4 is 0 Å². The van der Waals surface area contributed by atoms with E-state index >= 15 is 0 Å². The largest absolute Gasteiger partial charge is 0.309 e. The highest BCUT2D eigenvalue weighted by Gasteiger charge is 2.19. The minimum absolute atomic E-state index is 0.647. The van der Waals surface area contributed by atoms with Crippen LogP contribution in [0.3, 0.4) is 0 Å². The first-order valence-electron chi connectivity index (χ1n) is 13.4. The molecule has 3 heteroatoms. The molecule has 0 amide bonds. The third-order valence-corrected chi connectivity index (χ3v) is 7.95. The lowest BCUT2D eigenvalue weighted by molar-refractivity contribution is 1.17. The molecular formula is C37H23N3. The Bertz CT molecular complexity index is 2260. The number of aromatic nitrogens is 2. The monoisotopic (exact) mass is 509 g/mol. The standard InChI is InChI=1S/C37H23N3/c38-24-27-20-19-26(25-11-3-1-4-12-25)21-35(27)40-34-18-10-8-16-30(34)32-22-36-31(23-37(32)40)29-15-7-9-17-33(29)39(36)28-13-5-2-6-14-28/h1-23H. The van der Waals surface area contributed by atoms with Crippen molar-refractivity contribution in [2.75, 3.05) is 0 Å². The first-order valence-corrected chi connectivity index (χ1v) is 13.4. The predicted octanol–water partition coefficient (Wildman–Crippen LogP) is 9.42. The van der Waals surface area contributed by atoms with Crippen LogP contribution in [0.15, 0.2) is 140 Å². The van der Waals surface area contributed by atoms with Crippen molar-refractivity contribution in [3.63, 3.8) is 0 Å². The fraction of sp³-hybridized carbons (Fsp3) is 0. The van der Waals surface area contributed by atoms with Gasteiger partial charge in [0, 0.05) is 27.2 Å². The molecule has 0 unspecified atom stereocenters. The van der Waals surface area contributed by atoms with E-state index in [0.29, 0.717) is 5.56 Å². The highest BCUT2D eigenvalue weighted by molar-refractivity contribution is 6.19. The summed E-state index contributed by atoms with van der Waals surface area (Å²) in [5.41, 5.74) is 9.41. The van der Waals surface area contributed by atoms with E-state index in [1.165, 1.54) is 27.2 Å². The van der Waals surface area contributed by atoms with Crippen LogP contribution in [0, 0.1) is 11.3 Å². The van der Waals surface area contributed by atoms with Gasteiger partial charge in [0.05, 0.1) is 33.3 Å². The number of para-hydroxylation sites is 3. The fourth-order valence-electron chi connectivity index (χ4n) is 6.17. The summed E-state index contributed by atoms with van der Waals surface area (Å²) in [5.74, 6) is 0. The summed E-state index contributed by atoms with van der Waals surface area (Å²) >= 11 is 0. The molecule has 0 fully saturated rings. The number of rotatable bonds is 3. The van der Waals surface area contributed by atoms with Gasteiger partial charge < -0.3 is 9.13 Å². The van der Waals surface area contributed by atoms with Crippen molar-refractivity contribution in [2.45, 2.75) is 0 Å². The molecule has 0 aliphatic rings. The molecule has 8 aromatic rings. The molecule has 2 aromatic heterocycles. The highest BCUT2D eigenvalue weighted by atomic mass is 15.0. The lowest BCUT2D eigenvalue weighted by Gasteiger charge is -2.13. The number of nitrogens with zero attached hydrogens (tertiary/aromatic N) is 3. The van der Waals surface area contributed by atoms with Crippen molar-refractivity contribution in [3.8, 4) is 28.6 Å². The van der Waals surface area contributed by atoms with Gasteiger partial charge in [-0.2, -0.15) is 5.26 Å². The summed E-state index contributed by atoms with van der Waals surface area (Å²) in [6.07, 6.45) is 0. The summed E-state index contributed by atoms with van der Waals surface area (Å²) in [7, 11) is 0. The van der Waals surface area contributed by atoms with E-state index in [0.717, 1.165) is 38.9 Å². The molecule has 40 heavy (non-hydrogen) atoms. The van der Waals surface area contributed by atoms with Crippen molar-refractivity contribution in [3.05, 3.63) is 145 Å². The molecule has 0 radical (unpaired) electrons. The van der Waals surface area contributed by atoms with Gasteiger partial charge in [0.1, 0.15) is 6.07 Å². The molecule has 6 aromatic carbocycles. The molecule has 0 saturated carbocycles. The zero-order valence-electron chi connectivity index (χ0n) is 21.6. The second kappa shape index (κ2) is 8.73.